The van der Waals surface area contributed by atoms with Gasteiger partial charge in [-0.25, -0.2) is 0 Å². The van der Waals surface area contributed by atoms with Gasteiger partial charge in [-0.05, 0) is 38.5 Å². The van der Waals surface area contributed by atoms with Crippen LogP contribution in [0.3, 0.4) is 0 Å². The second kappa shape index (κ2) is 46.7. The second-order valence-electron chi connectivity index (χ2n) is 19.9. The maximum Gasteiger partial charge on any atom is 0.219 e. The van der Waals surface area contributed by atoms with Crippen LogP contribution in [0, 0.1) is 0 Å². The number of hydrogen-bond acceptors (Lipinski definition) is 6. The number of amides is 2. The maximum absolute atomic E-state index is 11.8. The molecule has 0 saturated heterocycles. The molecule has 0 radical (unpaired) electrons. The molecule has 0 aliphatic rings. The highest BCUT2D eigenvalue weighted by molar-refractivity contribution is 7.79. The summed E-state index contributed by atoms with van der Waals surface area (Å²) in [4.78, 5) is 23.6. The number of rotatable bonds is 42. The molecule has 0 bridgehead atoms. The van der Waals surface area contributed by atoms with E-state index < -0.39 is 10.4 Å². The minimum atomic E-state index is -5.17. The molecule has 0 atom stereocenters. The molecule has 0 unspecified atom stereocenters. The lowest BCUT2D eigenvalue weighted by Gasteiger charge is -2.23. The van der Waals surface area contributed by atoms with Crippen molar-refractivity contribution in [3.63, 3.8) is 0 Å². The van der Waals surface area contributed by atoms with E-state index in [1.807, 2.05) is 0 Å². The van der Waals surface area contributed by atoms with E-state index in [9.17, 15) is 9.59 Å². The summed E-state index contributed by atoms with van der Waals surface area (Å²) in [5.74, 6) is 0.500. The van der Waals surface area contributed by atoms with Crippen molar-refractivity contribution in [3.05, 3.63) is 0 Å². The number of hydrogen-bond donors (Lipinski definition) is 2. The molecule has 0 saturated carbocycles. The molecule has 0 aliphatic carbocycles. The van der Waals surface area contributed by atoms with Gasteiger partial charge in [0.05, 0.1) is 55.4 Å². The van der Waals surface area contributed by atoms with Crippen LogP contribution >= 0.6 is 0 Å². The van der Waals surface area contributed by atoms with Crippen LogP contribution in [0.1, 0.15) is 245 Å². The number of carbonyl (C=O) groups excluding carboxylic acids is 2. The molecule has 11 heteroatoms. The molecule has 0 fully saturated rings. The Hall–Kier alpha value is -1.27. The predicted molar refractivity (Wildman–Crippen MR) is 260 cm³/mol. The first-order chi connectivity index (χ1) is 28.9. The van der Waals surface area contributed by atoms with Crippen LogP contribution in [-0.4, -0.2) is 107 Å². The Morgan fingerprint density at radius 2 is 0.557 bits per heavy atom. The third-order valence-corrected chi connectivity index (χ3v) is 11.2. The van der Waals surface area contributed by atoms with E-state index in [0.29, 0.717) is 12.8 Å². The lowest BCUT2D eigenvalue weighted by molar-refractivity contribution is -0.870. The number of unbranched alkanes of at least 4 members (excludes halogenated alkanes) is 30. The van der Waals surface area contributed by atoms with Crippen molar-refractivity contribution in [3.8, 4) is 0 Å². The van der Waals surface area contributed by atoms with Crippen molar-refractivity contribution in [2.45, 2.75) is 245 Å². The molecule has 368 valence electrons. The molecule has 0 rings (SSSR count). The van der Waals surface area contributed by atoms with E-state index in [1.165, 1.54) is 206 Å². The number of carbonyl (C=O) groups is 2. The molecule has 0 heterocycles. The summed E-state index contributed by atoms with van der Waals surface area (Å²) in [7, 11) is 8.14. The monoisotopic (exact) mass is 891 g/mol. The second-order valence-corrected chi connectivity index (χ2v) is 20.8. The average Bonchev–Trinajstić information content (AvgIpc) is 3.16. The van der Waals surface area contributed by atoms with Gasteiger partial charge in [0.25, 0.3) is 0 Å². The highest BCUT2D eigenvalue weighted by atomic mass is 32.3. The fourth-order valence-electron chi connectivity index (χ4n) is 7.37. The largest absolute Gasteiger partial charge is 0.759 e. The fourth-order valence-corrected chi connectivity index (χ4v) is 7.37. The summed E-state index contributed by atoms with van der Waals surface area (Å²) in [6, 6.07) is 0. The summed E-state index contributed by atoms with van der Waals surface area (Å²) >= 11 is 0. The summed E-state index contributed by atoms with van der Waals surface area (Å²) < 4.78 is 36.1. The normalized spacial score (nSPS) is 11.7. The molecule has 61 heavy (non-hydrogen) atoms. The van der Waals surface area contributed by atoms with Gasteiger partial charge in [-0.3, -0.25) is 18.0 Å². The van der Waals surface area contributed by atoms with Gasteiger partial charge in [0.15, 0.2) is 0 Å². The van der Waals surface area contributed by atoms with Crippen molar-refractivity contribution < 1.29 is 36.1 Å². The third-order valence-electron chi connectivity index (χ3n) is 11.2. The van der Waals surface area contributed by atoms with Crippen LogP contribution in [0.5, 0.6) is 0 Å². The van der Waals surface area contributed by atoms with Crippen molar-refractivity contribution in [1.29, 1.82) is 0 Å². The highest BCUT2D eigenvalue weighted by Crippen LogP contribution is 2.15. The standard InChI is InChI=1S/2C25H52N2O.H2O4S/c2*1-5-6-7-8-9-10-11-12-13-14-15-16-17-18-19-22-25(28)26-23-20-21-24-27(2,3)4;1-5(2,3)4/h2*5-24H2,1-4H3;(H2,1,2,3,4). The van der Waals surface area contributed by atoms with Crippen LogP contribution in [0.2, 0.25) is 0 Å². The first kappa shape index (κ1) is 64.0. The molecule has 10 nitrogen and oxygen atoms in total. The molecule has 0 aromatic rings. The Kier molecular flexibility index (Phi) is 49.0. The van der Waals surface area contributed by atoms with Crippen LogP contribution in [0.25, 0.3) is 0 Å². The quantitative estimate of drug-likeness (QED) is 0.0271. The van der Waals surface area contributed by atoms with Gasteiger partial charge in [0, 0.05) is 36.3 Å². The zero-order valence-corrected chi connectivity index (χ0v) is 42.9. The lowest BCUT2D eigenvalue weighted by atomic mass is 10.0. The van der Waals surface area contributed by atoms with Crippen LogP contribution < -0.4 is 10.6 Å². The van der Waals surface area contributed by atoms with Crippen molar-refractivity contribution in [2.24, 2.45) is 0 Å². The van der Waals surface area contributed by atoms with Gasteiger partial charge in [-0.2, -0.15) is 0 Å². The minimum absolute atomic E-state index is 0.250. The zero-order chi connectivity index (χ0) is 46.4. The van der Waals surface area contributed by atoms with E-state index in [-0.39, 0.29) is 11.8 Å². The van der Waals surface area contributed by atoms with Crippen LogP contribution in [0.15, 0.2) is 0 Å². The molecule has 0 spiro atoms. The topological polar surface area (TPSA) is 138 Å². The fraction of sp³-hybridized carbons (Fsp3) is 0.960. The van der Waals surface area contributed by atoms with Crippen molar-refractivity contribution >= 4 is 22.2 Å². The van der Waals surface area contributed by atoms with E-state index >= 15 is 0 Å². The molecule has 0 aliphatic heterocycles. The molecule has 0 aromatic carbocycles. The van der Waals surface area contributed by atoms with Gasteiger partial charge in [-0.15, -0.1) is 0 Å². The number of quaternary nitrogens is 2. The van der Waals surface area contributed by atoms with Gasteiger partial charge in [0.1, 0.15) is 0 Å². The minimum Gasteiger partial charge on any atom is -0.759 e. The summed E-state index contributed by atoms with van der Waals surface area (Å²) in [5, 5.41) is 6.15. The molecule has 0 aromatic heterocycles. The Bertz CT molecular complexity index is 956. The van der Waals surface area contributed by atoms with E-state index in [2.05, 4.69) is 66.8 Å². The van der Waals surface area contributed by atoms with Crippen LogP contribution in [-0.2, 0) is 20.0 Å². The smallest absolute Gasteiger partial charge is 0.219 e. The van der Waals surface area contributed by atoms with Gasteiger partial charge >= 0.3 is 0 Å². The molecule has 2 amide bonds. The predicted octanol–water partition coefficient (Wildman–Crippen LogP) is 12.4. The molecular formula is C50H106N4O6S. The average molecular weight is 891 g/mol. The Morgan fingerprint density at radius 1 is 0.361 bits per heavy atom. The number of nitrogens with one attached hydrogen (secondary N) is 2. The third kappa shape index (κ3) is 73.4. The summed E-state index contributed by atoms with van der Waals surface area (Å²) in [5.41, 5.74) is 0. The number of nitrogens with zero attached hydrogens (tertiary/aromatic N) is 2. The highest BCUT2D eigenvalue weighted by Gasteiger charge is 2.08. The zero-order valence-electron chi connectivity index (χ0n) is 42.0. The van der Waals surface area contributed by atoms with E-state index in [4.69, 9.17) is 17.5 Å². The lowest BCUT2D eigenvalue weighted by Crippen LogP contribution is -2.35. The van der Waals surface area contributed by atoms with Crippen LogP contribution in [0.4, 0.5) is 0 Å². The van der Waals surface area contributed by atoms with Gasteiger partial charge in [0.2, 0.25) is 11.8 Å². The Labute approximate surface area is 381 Å². The molecule has 2 N–H and O–H groups in total. The SMILES string of the molecule is CCCCCCCCCCCCCCCCCC(=O)NCCCC[N+](C)(C)C.CCCCCCCCCCCCCCCCCC(=O)NCCCC[N+](C)(C)C.O=S(=O)([O-])[O-]. The van der Waals surface area contributed by atoms with Crippen molar-refractivity contribution in [2.75, 3.05) is 68.5 Å². The summed E-state index contributed by atoms with van der Waals surface area (Å²) in [6.45, 7) is 8.61. The Morgan fingerprint density at radius 3 is 0.754 bits per heavy atom. The first-order valence-electron chi connectivity index (χ1n) is 25.7. The maximum atomic E-state index is 11.8. The summed E-state index contributed by atoms with van der Waals surface area (Å²) in [6.07, 6.45) is 47.1. The van der Waals surface area contributed by atoms with E-state index in [0.717, 1.165) is 47.7 Å². The molecular weight excluding hydrogens is 785 g/mol. The van der Waals surface area contributed by atoms with Gasteiger partial charge in [-0.1, -0.05) is 194 Å². The van der Waals surface area contributed by atoms with Gasteiger partial charge < -0.3 is 28.7 Å². The first-order valence-corrected chi connectivity index (χ1v) is 27.1. The van der Waals surface area contributed by atoms with E-state index in [1.54, 1.807) is 0 Å². The van der Waals surface area contributed by atoms with Crippen molar-refractivity contribution in [1.82, 2.24) is 10.6 Å². The Balaban J connectivity index is -0.000000991.